The smallest absolute Gasteiger partial charge is 0.262 e. The summed E-state index contributed by atoms with van der Waals surface area (Å²) in [6, 6.07) is 10.1. The highest BCUT2D eigenvalue weighted by Crippen LogP contribution is 2.22. The van der Waals surface area contributed by atoms with Crippen LogP contribution in [0.25, 0.3) is 5.65 Å². The van der Waals surface area contributed by atoms with E-state index in [1.54, 1.807) is 47.0 Å². The van der Waals surface area contributed by atoms with Crippen molar-refractivity contribution in [3.05, 3.63) is 65.6 Å². The first-order valence-electron chi connectivity index (χ1n) is 7.73. The van der Waals surface area contributed by atoms with Crippen LogP contribution < -0.4 is 5.32 Å². The molecule has 0 unspecified atom stereocenters. The first kappa shape index (κ1) is 15.1. The predicted octanol–water partition coefficient (Wildman–Crippen LogP) is 1.88. The second kappa shape index (κ2) is 5.55. The molecule has 124 valence electrons. The van der Waals surface area contributed by atoms with Crippen LogP contribution in [0.15, 0.2) is 48.8 Å². The molecule has 0 bridgehead atoms. The zero-order chi connectivity index (χ0) is 17.6. The van der Waals surface area contributed by atoms with E-state index in [2.05, 4.69) is 10.3 Å². The Balaban J connectivity index is 1.50. The Kier molecular flexibility index (Phi) is 3.35. The third-order valence-corrected chi connectivity index (χ3v) is 4.04. The maximum Gasteiger partial charge on any atom is 0.262 e. The minimum absolute atomic E-state index is 0.326. The molecule has 0 radical (unpaired) electrons. The van der Waals surface area contributed by atoms with Crippen molar-refractivity contribution >= 4 is 29.1 Å². The number of rotatable bonds is 3. The van der Waals surface area contributed by atoms with Crippen LogP contribution in [-0.4, -0.2) is 38.6 Å². The Morgan fingerprint density at radius 1 is 1.04 bits per heavy atom. The number of aryl methyl sites for hydroxylation is 1. The van der Waals surface area contributed by atoms with E-state index in [-0.39, 0.29) is 6.54 Å². The molecule has 3 heterocycles. The lowest BCUT2D eigenvalue weighted by molar-refractivity contribution is -0.116. The molecule has 0 saturated heterocycles. The summed E-state index contributed by atoms with van der Waals surface area (Å²) in [5.41, 5.74) is 2.86. The van der Waals surface area contributed by atoms with E-state index in [9.17, 15) is 14.4 Å². The Morgan fingerprint density at radius 2 is 1.72 bits per heavy atom. The fourth-order valence-corrected chi connectivity index (χ4v) is 2.92. The van der Waals surface area contributed by atoms with Crippen LogP contribution in [0.1, 0.15) is 26.4 Å². The predicted molar refractivity (Wildman–Crippen MR) is 90.4 cm³/mol. The summed E-state index contributed by atoms with van der Waals surface area (Å²) < 4.78 is 1.80. The summed E-state index contributed by atoms with van der Waals surface area (Å²) in [7, 11) is 0. The van der Waals surface area contributed by atoms with Crippen molar-refractivity contribution in [3.63, 3.8) is 0 Å². The van der Waals surface area contributed by atoms with Gasteiger partial charge in [-0.15, -0.1) is 0 Å². The zero-order valence-electron chi connectivity index (χ0n) is 13.4. The number of carbonyl (C=O) groups is 3. The molecule has 3 aromatic rings. The highest BCUT2D eigenvalue weighted by Gasteiger charge is 2.36. The molecule has 1 aromatic carbocycles. The number of anilines is 1. The lowest BCUT2D eigenvalue weighted by Gasteiger charge is -2.13. The van der Waals surface area contributed by atoms with Crippen molar-refractivity contribution in [1.82, 2.24) is 14.3 Å². The standard InChI is InChI=1S/C18H14N4O3/c1-11-8-21-9-12(6-7-15(21)19-11)20-16(23)10-22-17(24)13-4-2-3-5-14(13)18(22)25/h2-9H,10H2,1H3,(H,20,23). The van der Waals surface area contributed by atoms with Crippen LogP contribution in [0.4, 0.5) is 5.69 Å². The van der Waals surface area contributed by atoms with Gasteiger partial charge in [-0.25, -0.2) is 4.98 Å². The van der Waals surface area contributed by atoms with E-state index >= 15 is 0 Å². The van der Waals surface area contributed by atoms with Gasteiger partial charge in [-0.1, -0.05) is 12.1 Å². The van der Waals surface area contributed by atoms with Gasteiger partial charge in [0, 0.05) is 12.4 Å². The first-order valence-corrected chi connectivity index (χ1v) is 7.73. The summed E-state index contributed by atoms with van der Waals surface area (Å²) in [5.74, 6) is -1.33. The number of hydrogen-bond donors (Lipinski definition) is 1. The van der Waals surface area contributed by atoms with Crippen LogP contribution in [0.2, 0.25) is 0 Å². The minimum atomic E-state index is -0.448. The summed E-state index contributed by atoms with van der Waals surface area (Å²) >= 11 is 0. The van der Waals surface area contributed by atoms with Gasteiger partial charge >= 0.3 is 0 Å². The van der Waals surface area contributed by atoms with Crippen molar-refractivity contribution in [2.24, 2.45) is 0 Å². The summed E-state index contributed by atoms with van der Waals surface area (Å²) in [4.78, 5) is 42.1. The quantitative estimate of drug-likeness (QED) is 0.741. The molecular formula is C18H14N4O3. The molecule has 1 aliphatic heterocycles. The molecule has 0 fully saturated rings. The van der Waals surface area contributed by atoms with Crippen molar-refractivity contribution in [2.75, 3.05) is 11.9 Å². The van der Waals surface area contributed by atoms with Crippen LogP contribution in [0, 0.1) is 6.92 Å². The molecule has 0 aliphatic carbocycles. The Bertz CT molecular complexity index is 1000. The average molecular weight is 334 g/mol. The second-order valence-electron chi connectivity index (χ2n) is 5.86. The highest BCUT2D eigenvalue weighted by atomic mass is 16.2. The van der Waals surface area contributed by atoms with Gasteiger partial charge in [-0.3, -0.25) is 19.3 Å². The van der Waals surface area contributed by atoms with Gasteiger partial charge in [0.05, 0.1) is 22.5 Å². The molecular weight excluding hydrogens is 320 g/mol. The number of amides is 3. The van der Waals surface area contributed by atoms with Gasteiger partial charge in [-0.2, -0.15) is 0 Å². The fourth-order valence-electron chi connectivity index (χ4n) is 2.92. The maximum atomic E-state index is 12.3. The molecule has 4 rings (SSSR count). The van der Waals surface area contributed by atoms with Gasteiger partial charge < -0.3 is 9.72 Å². The van der Waals surface area contributed by atoms with Gasteiger partial charge in [0.15, 0.2) is 0 Å². The van der Waals surface area contributed by atoms with Crippen molar-refractivity contribution in [2.45, 2.75) is 6.92 Å². The van der Waals surface area contributed by atoms with Crippen LogP contribution in [0.3, 0.4) is 0 Å². The SMILES string of the molecule is Cc1cn2cc(NC(=O)CN3C(=O)c4ccccc4C3=O)ccc2n1. The van der Waals surface area contributed by atoms with Crippen molar-refractivity contribution in [3.8, 4) is 0 Å². The summed E-state index contributed by atoms with van der Waals surface area (Å²) in [6.07, 6.45) is 3.57. The number of carbonyl (C=O) groups excluding carboxylic acids is 3. The molecule has 25 heavy (non-hydrogen) atoms. The number of pyridine rings is 1. The Labute approximate surface area is 142 Å². The number of hydrogen-bond acceptors (Lipinski definition) is 4. The van der Waals surface area contributed by atoms with E-state index in [0.717, 1.165) is 16.2 Å². The normalized spacial score (nSPS) is 13.4. The highest BCUT2D eigenvalue weighted by molar-refractivity contribution is 6.22. The summed E-state index contributed by atoms with van der Waals surface area (Å²) in [6.45, 7) is 1.56. The number of fused-ring (bicyclic) bond motifs is 2. The number of imidazole rings is 1. The third-order valence-electron chi connectivity index (χ3n) is 4.04. The van der Waals surface area contributed by atoms with Gasteiger partial charge in [-0.05, 0) is 31.2 Å². The monoisotopic (exact) mass is 334 g/mol. The minimum Gasteiger partial charge on any atom is -0.323 e. The average Bonchev–Trinajstić information content (AvgIpc) is 3.07. The van der Waals surface area contributed by atoms with Crippen LogP contribution >= 0.6 is 0 Å². The van der Waals surface area contributed by atoms with Crippen LogP contribution in [0.5, 0.6) is 0 Å². The van der Waals surface area contributed by atoms with Crippen molar-refractivity contribution < 1.29 is 14.4 Å². The largest absolute Gasteiger partial charge is 0.323 e. The number of imide groups is 1. The molecule has 7 nitrogen and oxygen atoms in total. The molecule has 7 heteroatoms. The van der Waals surface area contributed by atoms with Crippen LogP contribution in [-0.2, 0) is 4.79 Å². The molecule has 0 saturated carbocycles. The number of aromatic nitrogens is 2. The van der Waals surface area contributed by atoms with Gasteiger partial charge in [0.2, 0.25) is 5.91 Å². The van der Waals surface area contributed by atoms with E-state index in [1.165, 1.54) is 0 Å². The number of nitrogens with one attached hydrogen (secondary N) is 1. The van der Waals surface area contributed by atoms with Gasteiger partial charge in [0.1, 0.15) is 12.2 Å². The number of benzene rings is 1. The zero-order valence-corrected chi connectivity index (χ0v) is 13.4. The lowest BCUT2D eigenvalue weighted by atomic mass is 10.1. The van der Waals surface area contributed by atoms with Gasteiger partial charge in [0.25, 0.3) is 11.8 Å². The number of nitrogens with zero attached hydrogens (tertiary/aromatic N) is 3. The van der Waals surface area contributed by atoms with E-state index in [4.69, 9.17) is 0 Å². The molecule has 3 amide bonds. The van der Waals surface area contributed by atoms with E-state index in [1.807, 2.05) is 13.1 Å². The van der Waals surface area contributed by atoms with E-state index in [0.29, 0.717) is 16.8 Å². The van der Waals surface area contributed by atoms with Crippen molar-refractivity contribution in [1.29, 1.82) is 0 Å². The second-order valence-corrected chi connectivity index (χ2v) is 5.86. The van der Waals surface area contributed by atoms with E-state index < -0.39 is 17.7 Å². The maximum absolute atomic E-state index is 12.3. The molecule has 0 spiro atoms. The Morgan fingerprint density at radius 3 is 2.40 bits per heavy atom. The fraction of sp³-hybridized carbons (Fsp3) is 0.111. The molecule has 1 aliphatic rings. The third kappa shape index (κ3) is 2.55. The summed E-state index contributed by atoms with van der Waals surface area (Å²) in [5, 5.41) is 2.70. The lowest BCUT2D eigenvalue weighted by Crippen LogP contribution is -2.37. The molecule has 0 atom stereocenters. The Hall–Kier alpha value is -3.48. The topological polar surface area (TPSA) is 83.8 Å². The molecule has 2 aromatic heterocycles. The molecule has 1 N–H and O–H groups in total. The first-order chi connectivity index (χ1) is 12.0.